The number of halogens is 1. The number of hydrogen-bond donors (Lipinski definition) is 1. The van der Waals surface area contributed by atoms with Crippen LogP contribution in [0.2, 0.25) is 0 Å². The van der Waals surface area contributed by atoms with Crippen molar-refractivity contribution in [2.75, 3.05) is 38.5 Å². The Morgan fingerprint density at radius 3 is 2.31 bits per heavy atom. The standard InChI is InChI=1S/C18H20BrN3O3S/c1-21-9-11-22(12-10-21)26(24,25)17-7-5-16(6-8-17)20-18(23)14-3-2-4-15(19)13-14/h2-8,13H,9-12H2,1H3,(H,20,23). The number of sulfonamides is 1. The van der Waals surface area contributed by atoms with Crippen molar-refractivity contribution in [2.24, 2.45) is 0 Å². The fourth-order valence-corrected chi connectivity index (χ4v) is 4.54. The summed E-state index contributed by atoms with van der Waals surface area (Å²) in [6, 6.07) is 13.3. The highest BCUT2D eigenvalue weighted by molar-refractivity contribution is 9.10. The number of benzene rings is 2. The lowest BCUT2D eigenvalue weighted by Crippen LogP contribution is -2.46. The molecule has 0 spiro atoms. The van der Waals surface area contributed by atoms with Crippen molar-refractivity contribution in [3.05, 3.63) is 58.6 Å². The average Bonchev–Trinajstić information content (AvgIpc) is 2.62. The second kappa shape index (κ2) is 7.87. The van der Waals surface area contributed by atoms with Crippen LogP contribution in [0.5, 0.6) is 0 Å². The minimum atomic E-state index is -3.50. The Morgan fingerprint density at radius 2 is 1.69 bits per heavy atom. The van der Waals surface area contributed by atoms with Gasteiger partial charge < -0.3 is 10.2 Å². The Balaban J connectivity index is 1.71. The largest absolute Gasteiger partial charge is 0.322 e. The first-order valence-electron chi connectivity index (χ1n) is 8.22. The normalized spacial score (nSPS) is 16.4. The van der Waals surface area contributed by atoms with E-state index in [0.29, 0.717) is 24.3 Å². The van der Waals surface area contributed by atoms with Crippen molar-refractivity contribution >= 4 is 37.5 Å². The van der Waals surface area contributed by atoms with Crippen LogP contribution in [0.15, 0.2) is 57.9 Å². The van der Waals surface area contributed by atoms with Gasteiger partial charge in [0.25, 0.3) is 5.91 Å². The van der Waals surface area contributed by atoms with Gasteiger partial charge in [-0.3, -0.25) is 4.79 Å². The Hall–Kier alpha value is -1.74. The van der Waals surface area contributed by atoms with Gasteiger partial charge in [-0.05, 0) is 49.5 Å². The summed E-state index contributed by atoms with van der Waals surface area (Å²) in [5, 5.41) is 2.77. The van der Waals surface area contributed by atoms with E-state index in [2.05, 4.69) is 26.1 Å². The zero-order valence-electron chi connectivity index (χ0n) is 14.4. The lowest BCUT2D eigenvalue weighted by Gasteiger charge is -2.31. The van der Waals surface area contributed by atoms with Crippen molar-refractivity contribution in [2.45, 2.75) is 4.90 Å². The molecule has 138 valence electrons. The molecular weight excluding hydrogens is 418 g/mol. The molecule has 0 radical (unpaired) electrons. The van der Waals surface area contributed by atoms with Crippen LogP contribution in [0.25, 0.3) is 0 Å². The monoisotopic (exact) mass is 437 g/mol. The summed E-state index contributed by atoms with van der Waals surface area (Å²) < 4.78 is 27.7. The molecule has 3 rings (SSSR count). The van der Waals surface area contributed by atoms with Gasteiger partial charge in [0.05, 0.1) is 4.90 Å². The lowest BCUT2D eigenvalue weighted by atomic mass is 10.2. The smallest absolute Gasteiger partial charge is 0.255 e. The number of hydrogen-bond acceptors (Lipinski definition) is 4. The van der Waals surface area contributed by atoms with Gasteiger partial charge in [-0.2, -0.15) is 4.31 Å². The molecule has 2 aromatic carbocycles. The summed E-state index contributed by atoms with van der Waals surface area (Å²) in [5.74, 6) is -0.249. The summed E-state index contributed by atoms with van der Waals surface area (Å²) in [6.45, 7) is 2.42. The predicted molar refractivity (Wildman–Crippen MR) is 105 cm³/mol. The second-order valence-corrected chi connectivity index (χ2v) is 9.05. The van der Waals surface area contributed by atoms with Gasteiger partial charge in [0.15, 0.2) is 0 Å². The third kappa shape index (κ3) is 4.32. The quantitative estimate of drug-likeness (QED) is 0.797. The summed E-state index contributed by atoms with van der Waals surface area (Å²) in [6.07, 6.45) is 0. The minimum absolute atomic E-state index is 0.238. The van der Waals surface area contributed by atoms with Gasteiger partial charge in [0.1, 0.15) is 0 Å². The summed E-state index contributed by atoms with van der Waals surface area (Å²) in [5.41, 5.74) is 1.07. The molecule has 1 fully saturated rings. The van der Waals surface area contributed by atoms with E-state index in [1.165, 1.54) is 16.4 Å². The molecule has 0 aliphatic carbocycles. The molecule has 1 amide bonds. The van der Waals surface area contributed by atoms with E-state index in [1.807, 2.05) is 13.1 Å². The number of likely N-dealkylation sites (N-methyl/N-ethyl adjacent to an activating group) is 1. The molecule has 6 nitrogen and oxygen atoms in total. The molecule has 1 heterocycles. The van der Waals surface area contributed by atoms with Crippen LogP contribution >= 0.6 is 15.9 Å². The molecule has 0 saturated carbocycles. The van der Waals surface area contributed by atoms with E-state index < -0.39 is 10.0 Å². The molecule has 8 heteroatoms. The molecule has 26 heavy (non-hydrogen) atoms. The van der Waals surface area contributed by atoms with Gasteiger partial charge >= 0.3 is 0 Å². The fourth-order valence-electron chi connectivity index (χ4n) is 2.72. The van der Waals surface area contributed by atoms with Gasteiger partial charge in [-0.15, -0.1) is 0 Å². The van der Waals surface area contributed by atoms with Crippen LogP contribution in [0.1, 0.15) is 10.4 Å². The Morgan fingerprint density at radius 1 is 1.04 bits per heavy atom. The highest BCUT2D eigenvalue weighted by Crippen LogP contribution is 2.20. The Kier molecular flexibility index (Phi) is 5.76. The second-order valence-electron chi connectivity index (χ2n) is 6.20. The van der Waals surface area contributed by atoms with E-state index >= 15 is 0 Å². The highest BCUT2D eigenvalue weighted by Gasteiger charge is 2.27. The van der Waals surface area contributed by atoms with E-state index in [4.69, 9.17) is 0 Å². The molecule has 0 atom stereocenters. The number of nitrogens with one attached hydrogen (secondary N) is 1. The molecule has 2 aromatic rings. The summed E-state index contributed by atoms with van der Waals surface area (Å²) >= 11 is 3.33. The first kappa shape index (κ1) is 19.0. The van der Waals surface area contributed by atoms with Crippen molar-refractivity contribution in [3.8, 4) is 0 Å². The van der Waals surface area contributed by atoms with Gasteiger partial charge in [-0.25, -0.2) is 8.42 Å². The van der Waals surface area contributed by atoms with Crippen LogP contribution in [0.3, 0.4) is 0 Å². The maximum absolute atomic E-state index is 12.7. The van der Waals surface area contributed by atoms with E-state index in [-0.39, 0.29) is 10.8 Å². The SMILES string of the molecule is CN1CCN(S(=O)(=O)c2ccc(NC(=O)c3cccc(Br)c3)cc2)CC1. The zero-order valence-corrected chi connectivity index (χ0v) is 16.8. The third-order valence-corrected chi connectivity index (χ3v) is 6.71. The number of carbonyl (C=O) groups is 1. The van der Waals surface area contributed by atoms with Crippen LogP contribution in [0.4, 0.5) is 5.69 Å². The topological polar surface area (TPSA) is 69.7 Å². The summed E-state index contributed by atoms with van der Waals surface area (Å²) in [7, 11) is -1.52. The van der Waals surface area contributed by atoms with Gasteiger partial charge in [0, 0.05) is 41.9 Å². The molecular formula is C18H20BrN3O3S. The molecule has 0 aromatic heterocycles. The van der Waals surface area contributed by atoms with E-state index in [9.17, 15) is 13.2 Å². The number of nitrogens with zero attached hydrogens (tertiary/aromatic N) is 2. The van der Waals surface area contributed by atoms with Crippen molar-refractivity contribution in [1.29, 1.82) is 0 Å². The van der Waals surface area contributed by atoms with Crippen LogP contribution in [-0.2, 0) is 10.0 Å². The third-order valence-electron chi connectivity index (χ3n) is 4.30. The maximum atomic E-state index is 12.7. The van der Waals surface area contributed by atoms with Crippen LogP contribution in [0, 0.1) is 0 Å². The number of piperazine rings is 1. The fraction of sp³-hybridized carbons (Fsp3) is 0.278. The number of amides is 1. The molecule has 0 bridgehead atoms. The maximum Gasteiger partial charge on any atom is 0.255 e. The molecule has 0 unspecified atom stereocenters. The molecule has 1 saturated heterocycles. The van der Waals surface area contributed by atoms with Gasteiger partial charge in [-0.1, -0.05) is 22.0 Å². The number of carbonyl (C=O) groups excluding carboxylic acids is 1. The van der Waals surface area contributed by atoms with Crippen molar-refractivity contribution in [1.82, 2.24) is 9.21 Å². The predicted octanol–water partition coefficient (Wildman–Crippen LogP) is 2.64. The van der Waals surface area contributed by atoms with Crippen LogP contribution < -0.4 is 5.32 Å². The molecule has 1 aliphatic heterocycles. The van der Waals surface area contributed by atoms with Gasteiger partial charge in [0.2, 0.25) is 10.0 Å². The average molecular weight is 438 g/mol. The highest BCUT2D eigenvalue weighted by atomic mass is 79.9. The first-order chi connectivity index (χ1) is 12.4. The lowest BCUT2D eigenvalue weighted by molar-refractivity contribution is 0.102. The number of rotatable bonds is 4. The molecule has 1 aliphatic rings. The van der Waals surface area contributed by atoms with Crippen molar-refractivity contribution in [3.63, 3.8) is 0 Å². The van der Waals surface area contributed by atoms with Crippen molar-refractivity contribution < 1.29 is 13.2 Å². The number of anilines is 1. The minimum Gasteiger partial charge on any atom is -0.322 e. The van der Waals surface area contributed by atoms with Crippen LogP contribution in [-0.4, -0.2) is 56.8 Å². The van der Waals surface area contributed by atoms with E-state index in [0.717, 1.165) is 17.6 Å². The zero-order chi connectivity index (χ0) is 18.7. The molecule has 1 N–H and O–H groups in total. The summed E-state index contributed by atoms with van der Waals surface area (Å²) in [4.78, 5) is 14.6. The Labute approximate surface area is 162 Å². The Bertz CT molecular complexity index is 892. The van der Waals surface area contributed by atoms with E-state index in [1.54, 1.807) is 30.3 Å². The first-order valence-corrected chi connectivity index (χ1v) is 10.5.